The highest BCUT2D eigenvalue weighted by Gasteiger charge is 2.18. The Morgan fingerprint density at radius 3 is 2.56 bits per heavy atom. The van der Waals surface area contributed by atoms with Crippen LogP contribution in [0.2, 0.25) is 0 Å². The van der Waals surface area contributed by atoms with Crippen molar-refractivity contribution in [2.45, 2.75) is 19.0 Å². The molecule has 0 saturated carbocycles. The van der Waals surface area contributed by atoms with Crippen LogP contribution < -0.4 is 10.1 Å². The van der Waals surface area contributed by atoms with Crippen LogP contribution in [0, 0.1) is 13.8 Å². The zero-order chi connectivity index (χ0) is 19.6. The minimum Gasteiger partial charge on any atom is -0.479 e. The third kappa shape index (κ3) is 4.30. The number of aryl methyl sites for hydroxylation is 3. The van der Waals surface area contributed by atoms with Gasteiger partial charge in [-0.2, -0.15) is 0 Å². The van der Waals surface area contributed by atoms with Gasteiger partial charge in [-0.05, 0) is 37.1 Å². The molecule has 0 fully saturated rings. The molecular formula is C18H22N6O2S. The summed E-state index contributed by atoms with van der Waals surface area (Å²) in [6.07, 6.45) is 1.82. The Balaban J connectivity index is 1.68. The molecular weight excluding hydrogens is 364 g/mol. The highest BCUT2D eigenvalue weighted by atomic mass is 32.2. The first kappa shape index (κ1) is 19.0. The predicted molar refractivity (Wildman–Crippen MR) is 105 cm³/mol. The first-order chi connectivity index (χ1) is 12.9. The van der Waals surface area contributed by atoms with E-state index in [9.17, 15) is 4.79 Å². The second-order valence-corrected chi connectivity index (χ2v) is 7.25. The number of rotatable bonds is 6. The Labute approximate surface area is 161 Å². The van der Waals surface area contributed by atoms with Gasteiger partial charge in [-0.1, -0.05) is 17.8 Å². The number of aromatic nitrogens is 5. The summed E-state index contributed by atoms with van der Waals surface area (Å²) >= 11 is 1.33. The standard InChI is InChI=1S/C18H22N6O2S/c1-11-6-12(2)8-13(7-11)19-15(25)10-27-18-21-20-16(24(18)4)14-9-23(3)22-17(14)26-5/h6-9H,10H2,1-5H3,(H,19,25). The van der Waals surface area contributed by atoms with Gasteiger partial charge in [-0.25, -0.2) is 0 Å². The van der Waals surface area contributed by atoms with Crippen molar-refractivity contribution in [2.24, 2.45) is 14.1 Å². The number of benzene rings is 1. The van der Waals surface area contributed by atoms with Crippen molar-refractivity contribution in [3.05, 3.63) is 35.5 Å². The van der Waals surface area contributed by atoms with Gasteiger partial charge in [0, 0.05) is 26.0 Å². The van der Waals surface area contributed by atoms with Crippen LogP contribution in [0.3, 0.4) is 0 Å². The lowest BCUT2D eigenvalue weighted by molar-refractivity contribution is -0.113. The van der Waals surface area contributed by atoms with E-state index in [0.29, 0.717) is 16.9 Å². The van der Waals surface area contributed by atoms with Crippen LogP contribution in [0.25, 0.3) is 11.4 Å². The van der Waals surface area contributed by atoms with Gasteiger partial charge in [0.2, 0.25) is 11.8 Å². The molecule has 0 spiro atoms. The van der Waals surface area contributed by atoms with Gasteiger partial charge in [0.1, 0.15) is 5.56 Å². The fourth-order valence-corrected chi connectivity index (χ4v) is 3.53. The maximum absolute atomic E-state index is 12.3. The van der Waals surface area contributed by atoms with Crippen molar-refractivity contribution >= 4 is 23.4 Å². The van der Waals surface area contributed by atoms with E-state index in [1.807, 2.05) is 50.8 Å². The number of nitrogens with zero attached hydrogens (tertiary/aromatic N) is 5. The molecule has 8 nitrogen and oxygen atoms in total. The second kappa shape index (κ2) is 7.83. The number of thioether (sulfide) groups is 1. The maximum atomic E-state index is 12.3. The number of methoxy groups -OCH3 is 1. The van der Waals surface area contributed by atoms with E-state index in [-0.39, 0.29) is 11.7 Å². The maximum Gasteiger partial charge on any atom is 0.243 e. The first-order valence-electron chi connectivity index (χ1n) is 8.35. The fraction of sp³-hybridized carbons (Fsp3) is 0.333. The number of nitrogens with one attached hydrogen (secondary N) is 1. The van der Waals surface area contributed by atoms with E-state index in [2.05, 4.69) is 26.7 Å². The van der Waals surface area contributed by atoms with Crippen molar-refractivity contribution in [3.8, 4) is 17.3 Å². The van der Waals surface area contributed by atoms with Crippen molar-refractivity contribution in [1.29, 1.82) is 0 Å². The molecule has 1 N–H and O–H groups in total. The number of hydrogen-bond donors (Lipinski definition) is 1. The summed E-state index contributed by atoms with van der Waals surface area (Å²) in [7, 11) is 5.23. The molecule has 9 heteroatoms. The van der Waals surface area contributed by atoms with Crippen LogP contribution in [0.1, 0.15) is 11.1 Å². The lowest BCUT2D eigenvalue weighted by Crippen LogP contribution is -2.14. The van der Waals surface area contributed by atoms with E-state index in [1.165, 1.54) is 11.8 Å². The molecule has 0 aliphatic heterocycles. The number of ether oxygens (including phenoxy) is 1. The summed E-state index contributed by atoms with van der Waals surface area (Å²) < 4.78 is 8.77. The number of anilines is 1. The lowest BCUT2D eigenvalue weighted by atomic mass is 10.1. The molecule has 0 atom stereocenters. The van der Waals surface area contributed by atoms with E-state index in [4.69, 9.17) is 4.74 Å². The monoisotopic (exact) mass is 386 g/mol. The summed E-state index contributed by atoms with van der Waals surface area (Å²) in [6.45, 7) is 4.01. The van der Waals surface area contributed by atoms with Gasteiger partial charge in [-0.3, -0.25) is 9.48 Å². The molecule has 2 heterocycles. The Morgan fingerprint density at radius 1 is 1.19 bits per heavy atom. The molecule has 0 saturated heterocycles. The van der Waals surface area contributed by atoms with Crippen molar-refractivity contribution in [1.82, 2.24) is 24.5 Å². The van der Waals surface area contributed by atoms with Crippen LogP contribution in [-0.4, -0.2) is 43.3 Å². The minimum absolute atomic E-state index is 0.0893. The number of carbonyl (C=O) groups is 1. The summed E-state index contributed by atoms with van der Waals surface area (Å²) in [5.41, 5.74) is 3.78. The predicted octanol–water partition coefficient (Wildman–Crippen LogP) is 2.57. The number of amides is 1. The van der Waals surface area contributed by atoms with Crippen LogP contribution in [0.15, 0.2) is 29.6 Å². The van der Waals surface area contributed by atoms with E-state index in [1.54, 1.807) is 11.8 Å². The second-order valence-electron chi connectivity index (χ2n) is 6.30. The zero-order valence-electron chi connectivity index (χ0n) is 16.0. The average Bonchev–Trinajstić information content (AvgIpc) is 3.14. The van der Waals surface area contributed by atoms with Gasteiger partial charge in [0.25, 0.3) is 0 Å². The molecule has 0 unspecified atom stereocenters. The highest BCUT2D eigenvalue weighted by molar-refractivity contribution is 7.99. The largest absolute Gasteiger partial charge is 0.479 e. The summed E-state index contributed by atoms with van der Waals surface area (Å²) in [5.74, 6) is 1.27. The molecule has 142 valence electrons. The Hall–Kier alpha value is -2.81. The van der Waals surface area contributed by atoms with Crippen molar-refractivity contribution in [2.75, 3.05) is 18.2 Å². The van der Waals surface area contributed by atoms with Crippen LogP contribution in [0.4, 0.5) is 5.69 Å². The van der Waals surface area contributed by atoms with Gasteiger partial charge < -0.3 is 14.6 Å². The molecule has 0 aliphatic carbocycles. The lowest BCUT2D eigenvalue weighted by Gasteiger charge is -2.07. The molecule has 3 rings (SSSR count). The topological polar surface area (TPSA) is 86.9 Å². The Morgan fingerprint density at radius 2 is 1.89 bits per heavy atom. The first-order valence-corrected chi connectivity index (χ1v) is 9.34. The normalized spacial score (nSPS) is 10.9. The third-order valence-corrected chi connectivity index (χ3v) is 4.92. The third-order valence-electron chi connectivity index (χ3n) is 3.90. The number of hydrogen-bond acceptors (Lipinski definition) is 6. The Kier molecular flexibility index (Phi) is 5.50. The summed E-state index contributed by atoms with van der Waals surface area (Å²) in [5, 5.41) is 16.2. The van der Waals surface area contributed by atoms with Gasteiger partial charge >= 0.3 is 0 Å². The van der Waals surface area contributed by atoms with E-state index in [0.717, 1.165) is 22.4 Å². The molecule has 2 aromatic heterocycles. The smallest absolute Gasteiger partial charge is 0.243 e. The minimum atomic E-state index is -0.0893. The summed E-state index contributed by atoms with van der Waals surface area (Å²) in [4.78, 5) is 12.3. The van der Waals surface area contributed by atoms with Crippen LogP contribution in [-0.2, 0) is 18.9 Å². The highest BCUT2D eigenvalue weighted by Crippen LogP contribution is 2.29. The summed E-state index contributed by atoms with van der Waals surface area (Å²) in [6, 6.07) is 5.97. The average molecular weight is 386 g/mol. The SMILES string of the molecule is COc1nn(C)cc1-c1nnc(SCC(=O)Nc2cc(C)cc(C)c2)n1C. The quantitative estimate of drug-likeness (QED) is 0.655. The molecule has 1 amide bonds. The Bertz CT molecular complexity index is 958. The van der Waals surface area contributed by atoms with Gasteiger partial charge in [0.15, 0.2) is 11.0 Å². The van der Waals surface area contributed by atoms with Crippen molar-refractivity contribution in [3.63, 3.8) is 0 Å². The molecule has 0 radical (unpaired) electrons. The van der Waals surface area contributed by atoms with Crippen molar-refractivity contribution < 1.29 is 9.53 Å². The molecule has 1 aromatic carbocycles. The molecule has 3 aromatic rings. The molecule has 0 aliphatic rings. The number of carbonyl (C=O) groups excluding carboxylic acids is 1. The zero-order valence-corrected chi connectivity index (χ0v) is 16.8. The molecule has 27 heavy (non-hydrogen) atoms. The fourth-order valence-electron chi connectivity index (χ4n) is 2.82. The van der Waals surface area contributed by atoms with Gasteiger partial charge in [0.05, 0.1) is 12.9 Å². The van der Waals surface area contributed by atoms with Crippen LogP contribution in [0.5, 0.6) is 5.88 Å². The van der Waals surface area contributed by atoms with Crippen LogP contribution >= 0.6 is 11.8 Å². The van der Waals surface area contributed by atoms with E-state index >= 15 is 0 Å². The van der Waals surface area contributed by atoms with E-state index < -0.39 is 0 Å². The van der Waals surface area contributed by atoms with Gasteiger partial charge in [-0.15, -0.1) is 15.3 Å². The molecule has 0 bridgehead atoms.